The van der Waals surface area contributed by atoms with Crippen LogP contribution in [0.5, 0.6) is 11.5 Å². The van der Waals surface area contributed by atoms with Crippen molar-refractivity contribution in [2.75, 3.05) is 5.32 Å². The highest BCUT2D eigenvalue weighted by atomic mass is 19.4. The Morgan fingerprint density at radius 1 is 1.04 bits per heavy atom. The highest BCUT2D eigenvalue weighted by molar-refractivity contribution is 5.92. The average molecular weight is 422 g/mol. The molecule has 0 aliphatic carbocycles. The first-order valence-corrected chi connectivity index (χ1v) is 7.53. The minimum absolute atomic E-state index is 0.0429. The van der Waals surface area contributed by atoms with E-state index < -0.39 is 52.8 Å². The summed E-state index contributed by atoms with van der Waals surface area (Å²) in [4.78, 5) is 11.9. The summed E-state index contributed by atoms with van der Waals surface area (Å²) >= 11 is 0. The van der Waals surface area contributed by atoms with Crippen molar-refractivity contribution < 1.29 is 49.4 Å². The SMILES string of the molecule is CC(F)(F)C(C)(NC(=O)Nc1cccc2c1OC(C)(F)C(F)(F)O2)C(F)(F)F. The number of rotatable bonds is 3. The van der Waals surface area contributed by atoms with Crippen LogP contribution in [0.1, 0.15) is 20.8 Å². The Kier molecular flexibility index (Phi) is 4.89. The minimum Gasteiger partial charge on any atom is -0.443 e. The number of nitrogens with one attached hydrogen (secondary N) is 2. The van der Waals surface area contributed by atoms with Crippen LogP contribution in [0.4, 0.5) is 45.6 Å². The number of amides is 2. The maximum atomic E-state index is 14.0. The first-order valence-electron chi connectivity index (χ1n) is 7.53. The molecule has 13 heteroatoms. The minimum atomic E-state index is -5.54. The quantitative estimate of drug-likeness (QED) is 0.686. The molecular weight excluding hydrogens is 408 g/mol. The fourth-order valence-corrected chi connectivity index (χ4v) is 2.09. The zero-order valence-corrected chi connectivity index (χ0v) is 14.5. The Bertz CT molecular complexity index is 760. The van der Waals surface area contributed by atoms with Crippen LogP contribution in [-0.2, 0) is 0 Å². The lowest BCUT2D eigenvalue weighted by Gasteiger charge is -2.38. The van der Waals surface area contributed by atoms with Crippen molar-refractivity contribution in [3.05, 3.63) is 18.2 Å². The molecule has 2 atom stereocenters. The number of para-hydroxylation sites is 1. The van der Waals surface area contributed by atoms with Crippen LogP contribution in [0.3, 0.4) is 0 Å². The first kappa shape index (κ1) is 21.8. The fourth-order valence-electron chi connectivity index (χ4n) is 2.09. The molecule has 2 rings (SSSR count). The van der Waals surface area contributed by atoms with Gasteiger partial charge < -0.3 is 20.1 Å². The number of benzene rings is 1. The van der Waals surface area contributed by atoms with Gasteiger partial charge in [-0.3, -0.25) is 0 Å². The van der Waals surface area contributed by atoms with Crippen LogP contribution in [0.15, 0.2) is 18.2 Å². The molecule has 0 saturated heterocycles. The van der Waals surface area contributed by atoms with Gasteiger partial charge in [-0.05, 0) is 19.1 Å². The molecule has 0 saturated carbocycles. The lowest BCUT2D eigenvalue weighted by molar-refractivity contribution is -0.332. The van der Waals surface area contributed by atoms with Crippen LogP contribution in [0, 0.1) is 0 Å². The van der Waals surface area contributed by atoms with Gasteiger partial charge in [0.05, 0.1) is 5.69 Å². The van der Waals surface area contributed by atoms with E-state index in [4.69, 9.17) is 0 Å². The first-order chi connectivity index (χ1) is 12.4. The molecule has 1 aromatic rings. The molecule has 0 bridgehead atoms. The molecule has 0 radical (unpaired) electrons. The second-order valence-corrected chi connectivity index (χ2v) is 6.36. The van der Waals surface area contributed by atoms with E-state index in [0.29, 0.717) is 6.92 Å². The number of anilines is 1. The Morgan fingerprint density at radius 3 is 2.11 bits per heavy atom. The van der Waals surface area contributed by atoms with E-state index in [9.17, 15) is 39.9 Å². The predicted molar refractivity (Wildman–Crippen MR) is 79.4 cm³/mol. The van der Waals surface area contributed by atoms with Crippen molar-refractivity contribution in [1.29, 1.82) is 0 Å². The number of hydrogen-bond donors (Lipinski definition) is 2. The van der Waals surface area contributed by atoms with Crippen LogP contribution in [0.25, 0.3) is 0 Å². The largest absolute Gasteiger partial charge is 0.471 e. The van der Waals surface area contributed by atoms with E-state index in [0.717, 1.165) is 23.5 Å². The molecule has 2 N–H and O–H groups in total. The maximum Gasteiger partial charge on any atom is 0.471 e. The van der Waals surface area contributed by atoms with Gasteiger partial charge in [-0.2, -0.15) is 26.3 Å². The van der Waals surface area contributed by atoms with Gasteiger partial charge in [0.2, 0.25) is 0 Å². The number of halogens is 8. The normalized spacial score (nSPS) is 23.5. The molecule has 5 nitrogen and oxygen atoms in total. The highest BCUT2D eigenvalue weighted by Gasteiger charge is 2.65. The molecular formula is C15H14F8N2O3. The summed E-state index contributed by atoms with van der Waals surface area (Å²) in [5.74, 6) is -9.58. The summed E-state index contributed by atoms with van der Waals surface area (Å²) in [6.45, 7) is 0.343. The second kappa shape index (κ2) is 6.27. The van der Waals surface area contributed by atoms with Crippen molar-refractivity contribution >= 4 is 11.7 Å². The van der Waals surface area contributed by atoms with Crippen LogP contribution < -0.4 is 20.1 Å². The van der Waals surface area contributed by atoms with Gasteiger partial charge >= 0.3 is 24.2 Å². The third kappa shape index (κ3) is 3.61. The van der Waals surface area contributed by atoms with Crippen LogP contribution >= 0.6 is 0 Å². The van der Waals surface area contributed by atoms with Crippen molar-refractivity contribution in [1.82, 2.24) is 5.32 Å². The standard InChI is InChI=1S/C15H14F8N2O3/c1-11(12(2,16)17,14(19,20)21)25-10(26)24-7-5-4-6-8-9(7)28-13(3,18)15(22,23)27-8/h4-6H,1-3H3,(H2,24,25,26). The van der Waals surface area contributed by atoms with E-state index in [1.54, 1.807) is 5.32 Å². The third-order valence-electron chi connectivity index (χ3n) is 4.09. The van der Waals surface area contributed by atoms with Crippen LogP contribution in [-0.4, -0.2) is 35.6 Å². The van der Waals surface area contributed by atoms with E-state index >= 15 is 0 Å². The summed E-state index contributed by atoms with van der Waals surface area (Å²) in [5.41, 5.74) is -4.55. The third-order valence-corrected chi connectivity index (χ3v) is 4.09. The Labute approximate surface area is 153 Å². The zero-order valence-electron chi connectivity index (χ0n) is 14.5. The molecule has 0 fully saturated rings. The topological polar surface area (TPSA) is 59.6 Å². The van der Waals surface area contributed by atoms with Gasteiger partial charge in [0, 0.05) is 13.8 Å². The molecule has 0 spiro atoms. The van der Waals surface area contributed by atoms with Crippen molar-refractivity contribution in [3.63, 3.8) is 0 Å². The Morgan fingerprint density at radius 2 is 1.61 bits per heavy atom. The lowest BCUT2D eigenvalue weighted by Crippen LogP contribution is -2.66. The number of carbonyl (C=O) groups is 1. The van der Waals surface area contributed by atoms with Crippen molar-refractivity contribution in [2.24, 2.45) is 0 Å². The second-order valence-electron chi connectivity index (χ2n) is 6.36. The zero-order chi connectivity index (χ0) is 21.8. The molecule has 1 aromatic carbocycles. The number of hydrogen-bond acceptors (Lipinski definition) is 3. The molecule has 2 amide bonds. The van der Waals surface area contributed by atoms with Crippen LogP contribution in [0.2, 0.25) is 0 Å². The number of fused-ring (bicyclic) bond motifs is 1. The van der Waals surface area contributed by atoms with E-state index in [-0.39, 0.29) is 13.8 Å². The number of ether oxygens (including phenoxy) is 2. The summed E-state index contributed by atoms with van der Waals surface area (Å²) in [6, 6.07) is 1.14. The lowest BCUT2D eigenvalue weighted by atomic mass is 9.94. The van der Waals surface area contributed by atoms with Gasteiger partial charge in [-0.25, -0.2) is 13.6 Å². The number of carbonyl (C=O) groups excluding carboxylic acids is 1. The molecule has 1 heterocycles. The molecule has 1 aliphatic heterocycles. The highest BCUT2D eigenvalue weighted by Crippen LogP contribution is 2.49. The van der Waals surface area contributed by atoms with E-state index in [2.05, 4.69) is 9.47 Å². The van der Waals surface area contributed by atoms with Crippen molar-refractivity contribution in [3.8, 4) is 11.5 Å². The smallest absolute Gasteiger partial charge is 0.443 e. The fraction of sp³-hybridized carbons (Fsp3) is 0.533. The van der Waals surface area contributed by atoms with Gasteiger partial charge in [0.25, 0.3) is 5.92 Å². The van der Waals surface area contributed by atoms with Gasteiger partial charge in [-0.15, -0.1) is 0 Å². The summed E-state index contributed by atoms with van der Waals surface area (Å²) < 4.78 is 116. The van der Waals surface area contributed by atoms with Gasteiger partial charge in [-0.1, -0.05) is 6.07 Å². The monoisotopic (exact) mass is 422 g/mol. The number of alkyl halides is 8. The van der Waals surface area contributed by atoms with Gasteiger partial charge in [0.1, 0.15) is 0 Å². The van der Waals surface area contributed by atoms with E-state index in [1.807, 2.05) is 0 Å². The van der Waals surface area contributed by atoms with Crippen molar-refractivity contribution in [2.45, 2.75) is 50.4 Å². The summed E-state index contributed by atoms with van der Waals surface area (Å²) in [7, 11) is 0. The van der Waals surface area contributed by atoms with Gasteiger partial charge in [0.15, 0.2) is 17.0 Å². The summed E-state index contributed by atoms with van der Waals surface area (Å²) in [5, 5.41) is 2.84. The summed E-state index contributed by atoms with van der Waals surface area (Å²) in [6.07, 6.45) is -9.95. The molecule has 28 heavy (non-hydrogen) atoms. The maximum absolute atomic E-state index is 14.0. The predicted octanol–water partition coefficient (Wildman–Crippen LogP) is 4.83. The van der Waals surface area contributed by atoms with E-state index in [1.165, 1.54) is 0 Å². The molecule has 0 aromatic heterocycles. The number of urea groups is 1. The average Bonchev–Trinajstić information content (AvgIpc) is 2.46. The Balaban J connectivity index is 2.32. The molecule has 1 aliphatic rings. The molecule has 158 valence electrons. The molecule has 2 unspecified atom stereocenters. The Hall–Kier alpha value is -2.47.